The van der Waals surface area contributed by atoms with Gasteiger partial charge in [0.15, 0.2) is 0 Å². The predicted octanol–water partition coefficient (Wildman–Crippen LogP) is 10.7. The molecule has 32 heavy (non-hydrogen) atoms. The van der Waals surface area contributed by atoms with Gasteiger partial charge < -0.3 is 4.74 Å². The van der Waals surface area contributed by atoms with Crippen LogP contribution in [0.15, 0.2) is 0 Å². The van der Waals surface area contributed by atoms with E-state index in [2.05, 4.69) is 20.8 Å². The van der Waals surface area contributed by atoms with Crippen LogP contribution in [0, 0.1) is 0 Å². The van der Waals surface area contributed by atoms with Gasteiger partial charge in [-0.1, -0.05) is 149 Å². The van der Waals surface area contributed by atoms with Crippen LogP contribution in [0.4, 0.5) is 0 Å². The molecule has 1 unspecified atom stereocenters. The van der Waals surface area contributed by atoms with Gasteiger partial charge in [-0.05, 0) is 25.7 Å². The van der Waals surface area contributed by atoms with Crippen LogP contribution in [0.3, 0.4) is 0 Å². The molecule has 0 heterocycles. The minimum Gasteiger partial charge on any atom is -0.462 e. The standard InChI is InChI=1S/C30H60O2/c1-4-7-9-11-13-15-17-19-21-23-25-27-29(6-3)32-30(31)28-26-24-22-20-18-16-14-12-10-8-5-2/h29H,4-28H2,1-3H3. The Hall–Kier alpha value is -0.530. The summed E-state index contributed by atoms with van der Waals surface area (Å²) in [5, 5.41) is 0. The molecule has 0 aromatic carbocycles. The topological polar surface area (TPSA) is 26.3 Å². The summed E-state index contributed by atoms with van der Waals surface area (Å²) >= 11 is 0. The lowest BCUT2D eigenvalue weighted by atomic mass is 10.0. The summed E-state index contributed by atoms with van der Waals surface area (Å²) in [4.78, 5) is 12.2. The van der Waals surface area contributed by atoms with E-state index in [-0.39, 0.29) is 12.1 Å². The molecule has 0 aliphatic heterocycles. The van der Waals surface area contributed by atoms with Crippen molar-refractivity contribution in [1.29, 1.82) is 0 Å². The van der Waals surface area contributed by atoms with Crippen molar-refractivity contribution >= 4 is 5.97 Å². The van der Waals surface area contributed by atoms with Crippen LogP contribution in [0.2, 0.25) is 0 Å². The third-order valence-corrected chi connectivity index (χ3v) is 6.87. The van der Waals surface area contributed by atoms with Crippen molar-refractivity contribution in [2.75, 3.05) is 0 Å². The molecular formula is C30H60O2. The molecule has 192 valence electrons. The van der Waals surface area contributed by atoms with Crippen LogP contribution in [0.5, 0.6) is 0 Å². The molecule has 0 saturated carbocycles. The second-order valence-electron chi connectivity index (χ2n) is 10.1. The molecule has 0 rings (SSSR count). The van der Waals surface area contributed by atoms with E-state index >= 15 is 0 Å². The fraction of sp³-hybridized carbons (Fsp3) is 0.967. The molecule has 0 amide bonds. The van der Waals surface area contributed by atoms with Crippen LogP contribution in [-0.2, 0) is 9.53 Å². The van der Waals surface area contributed by atoms with E-state index in [1.165, 1.54) is 135 Å². The summed E-state index contributed by atoms with van der Waals surface area (Å²) in [6, 6.07) is 0. The van der Waals surface area contributed by atoms with Crippen LogP contribution in [-0.4, -0.2) is 12.1 Å². The molecule has 0 aromatic heterocycles. The van der Waals surface area contributed by atoms with Crippen molar-refractivity contribution < 1.29 is 9.53 Å². The van der Waals surface area contributed by atoms with Crippen molar-refractivity contribution in [1.82, 2.24) is 0 Å². The Morgan fingerprint density at radius 3 is 1.22 bits per heavy atom. The Bertz CT molecular complexity index is 366. The summed E-state index contributed by atoms with van der Waals surface area (Å²) < 4.78 is 5.74. The molecule has 0 fully saturated rings. The largest absolute Gasteiger partial charge is 0.462 e. The highest BCUT2D eigenvalue weighted by Crippen LogP contribution is 2.16. The first-order valence-corrected chi connectivity index (χ1v) is 14.9. The molecule has 0 radical (unpaired) electrons. The van der Waals surface area contributed by atoms with Gasteiger partial charge in [0.25, 0.3) is 0 Å². The minimum absolute atomic E-state index is 0.0378. The Balaban J connectivity index is 3.44. The van der Waals surface area contributed by atoms with Crippen molar-refractivity contribution in [3.63, 3.8) is 0 Å². The Kier molecular flexibility index (Phi) is 26.3. The van der Waals surface area contributed by atoms with Crippen LogP contribution in [0.1, 0.15) is 181 Å². The van der Waals surface area contributed by atoms with Crippen LogP contribution in [0.25, 0.3) is 0 Å². The summed E-state index contributed by atoms with van der Waals surface area (Å²) in [6.07, 6.45) is 32.4. The zero-order chi connectivity index (χ0) is 23.5. The molecule has 0 bridgehead atoms. The number of hydrogen-bond donors (Lipinski definition) is 0. The monoisotopic (exact) mass is 452 g/mol. The SMILES string of the molecule is CCCCCCCCCCCCCC(=O)OC(CC)CCCCCCCCCCCCC. The van der Waals surface area contributed by atoms with E-state index in [1.54, 1.807) is 0 Å². The molecule has 0 saturated heterocycles. The first-order valence-electron chi connectivity index (χ1n) is 14.9. The molecule has 2 nitrogen and oxygen atoms in total. The molecule has 0 aliphatic rings. The zero-order valence-electron chi connectivity index (χ0n) is 22.6. The Morgan fingerprint density at radius 1 is 0.500 bits per heavy atom. The quantitative estimate of drug-likeness (QED) is 0.0963. The van der Waals surface area contributed by atoms with E-state index < -0.39 is 0 Å². The Labute approximate surface area is 203 Å². The van der Waals surface area contributed by atoms with E-state index in [0.717, 1.165) is 19.3 Å². The van der Waals surface area contributed by atoms with E-state index in [1.807, 2.05) is 0 Å². The first kappa shape index (κ1) is 31.5. The number of esters is 1. The number of ether oxygens (including phenoxy) is 1. The number of carbonyl (C=O) groups is 1. The lowest BCUT2D eigenvalue weighted by Gasteiger charge is -2.16. The number of rotatable bonds is 26. The molecule has 0 aromatic rings. The number of carbonyl (C=O) groups excluding carboxylic acids is 1. The average molecular weight is 453 g/mol. The minimum atomic E-state index is 0.0378. The van der Waals surface area contributed by atoms with Gasteiger partial charge in [0.1, 0.15) is 6.10 Å². The van der Waals surface area contributed by atoms with Gasteiger partial charge in [-0.15, -0.1) is 0 Å². The van der Waals surface area contributed by atoms with Gasteiger partial charge in [-0.25, -0.2) is 0 Å². The normalized spacial score (nSPS) is 12.2. The highest BCUT2D eigenvalue weighted by atomic mass is 16.5. The number of hydrogen-bond acceptors (Lipinski definition) is 2. The fourth-order valence-corrected chi connectivity index (χ4v) is 4.56. The van der Waals surface area contributed by atoms with Crippen LogP contribution >= 0.6 is 0 Å². The van der Waals surface area contributed by atoms with Gasteiger partial charge in [0.05, 0.1) is 0 Å². The smallest absolute Gasteiger partial charge is 0.306 e. The van der Waals surface area contributed by atoms with E-state index in [9.17, 15) is 4.79 Å². The predicted molar refractivity (Wildman–Crippen MR) is 142 cm³/mol. The van der Waals surface area contributed by atoms with Crippen molar-refractivity contribution in [3.05, 3.63) is 0 Å². The van der Waals surface area contributed by atoms with E-state index in [4.69, 9.17) is 4.74 Å². The molecular weight excluding hydrogens is 392 g/mol. The first-order chi connectivity index (χ1) is 15.7. The summed E-state index contributed by atoms with van der Waals surface area (Å²) in [7, 11) is 0. The molecule has 0 aliphatic carbocycles. The third kappa shape index (κ3) is 24.1. The third-order valence-electron chi connectivity index (χ3n) is 6.87. The maximum Gasteiger partial charge on any atom is 0.306 e. The number of unbranched alkanes of at least 4 members (excludes halogenated alkanes) is 20. The summed E-state index contributed by atoms with van der Waals surface area (Å²) in [5.74, 6) is 0.0378. The van der Waals surface area contributed by atoms with Gasteiger partial charge in [0.2, 0.25) is 0 Å². The lowest BCUT2D eigenvalue weighted by molar-refractivity contribution is -0.149. The molecule has 1 atom stereocenters. The molecule has 0 N–H and O–H groups in total. The maximum atomic E-state index is 12.2. The average Bonchev–Trinajstić information content (AvgIpc) is 2.80. The van der Waals surface area contributed by atoms with Gasteiger partial charge in [-0.3, -0.25) is 4.79 Å². The van der Waals surface area contributed by atoms with E-state index in [0.29, 0.717) is 6.42 Å². The van der Waals surface area contributed by atoms with Gasteiger partial charge in [-0.2, -0.15) is 0 Å². The second kappa shape index (κ2) is 26.7. The van der Waals surface area contributed by atoms with Crippen molar-refractivity contribution in [3.8, 4) is 0 Å². The molecule has 2 heteroatoms. The fourth-order valence-electron chi connectivity index (χ4n) is 4.56. The summed E-state index contributed by atoms with van der Waals surface area (Å²) in [6.45, 7) is 6.71. The van der Waals surface area contributed by atoms with Gasteiger partial charge >= 0.3 is 5.97 Å². The molecule has 0 spiro atoms. The van der Waals surface area contributed by atoms with Crippen LogP contribution < -0.4 is 0 Å². The highest BCUT2D eigenvalue weighted by Gasteiger charge is 2.12. The Morgan fingerprint density at radius 2 is 0.844 bits per heavy atom. The highest BCUT2D eigenvalue weighted by molar-refractivity contribution is 5.69. The zero-order valence-corrected chi connectivity index (χ0v) is 22.6. The second-order valence-corrected chi connectivity index (χ2v) is 10.1. The summed E-state index contributed by atoms with van der Waals surface area (Å²) in [5.41, 5.74) is 0. The van der Waals surface area contributed by atoms with Crippen molar-refractivity contribution in [2.45, 2.75) is 187 Å². The lowest BCUT2D eigenvalue weighted by Crippen LogP contribution is -2.17. The maximum absolute atomic E-state index is 12.2. The van der Waals surface area contributed by atoms with Gasteiger partial charge in [0, 0.05) is 6.42 Å². The van der Waals surface area contributed by atoms with Crippen molar-refractivity contribution in [2.24, 2.45) is 0 Å².